The maximum atomic E-state index is 12.6. The van der Waals surface area contributed by atoms with Crippen LogP contribution in [0, 0.1) is 0 Å². The van der Waals surface area contributed by atoms with Crippen LogP contribution < -0.4 is 5.73 Å². The smallest absolute Gasteiger partial charge is 0.410 e. The summed E-state index contributed by atoms with van der Waals surface area (Å²) in [6.07, 6.45) is 8.77. The molecular weight excluding hydrogens is 428 g/mol. The third kappa shape index (κ3) is 6.58. The Kier molecular flexibility index (Phi) is 8.27. The highest BCUT2D eigenvalue weighted by Gasteiger charge is 2.37. The third-order valence-corrected chi connectivity index (χ3v) is 6.14. The molecule has 2 aromatic rings. The average molecular weight is 455 g/mol. The summed E-state index contributed by atoms with van der Waals surface area (Å²) < 4.78 is 7.15. The van der Waals surface area contributed by atoms with Gasteiger partial charge in [0.05, 0.1) is 12.0 Å². The van der Waals surface area contributed by atoms with Gasteiger partial charge in [0.2, 0.25) is 11.0 Å². The number of nitrogens with two attached hydrogens (primary N) is 1. The Morgan fingerprint density at radius 3 is 2.78 bits per heavy atom. The Morgan fingerprint density at radius 2 is 2.06 bits per heavy atom. The van der Waals surface area contributed by atoms with Gasteiger partial charge in [-0.1, -0.05) is 54.7 Å². The summed E-state index contributed by atoms with van der Waals surface area (Å²) in [6, 6.07) is 9.06. The number of aromatic nitrogens is 2. The summed E-state index contributed by atoms with van der Waals surface area (Å²) in [7, 11) is 0. The summed E-state index contributed by atoms with van der Waals surface area (Å²) in [5.41, 5.74) is 6.38. The van der Waals surface area contributed by atoms with Gasteiger partial charge in [0, 0.05) is 42.2 Å². The first-order valence-corrected chi connectivity index (χ1v) is 11.1. The molecule has 1 saturated heterocycles. The van der Waals surface area contributed by atoms with Gasteiger partial charge < -0.3 is 19.9 Å². The Balaban J connectivity index is 1.63. The molecule has 1 aliphatic rings. The van der Waals surface area contributed by atoms with Crippen molar-refractivity contribution in [1.82, 2.24) is 14.5 Å². The molecule has 1 aliphatic heterocycles. The number of amides is 2. The molecule has 32 heavy (non-hydrogen) atoms. The van der Waals surface area contributed by atoms with Crippen LogP contribution in [0.4, 0.5) is 4.79 Å². The maximum absolute atomic E-state index is 12.6. The van der Waals surface area contributed by atoms with Crippen molar-refractivity contribution >= 4 is 35.0 Å². The number of primary amides is 1. The van der Waals surface area contributed by atoms with Gasteiger partial charge in [0.1, 0.15) is 6.61 Å². The largest absolute Gasteiger partial charge is 0.445 e. The molecule has 1 aromatic carbocycles. The van der Waals surface area contributed by atoms with Crippen molar-refractivity contribution in [3.63, 3.8) is 0 Å². The van der Waals surface area contributed by atoms with E-state index in [1.807, 2.05) is 22.8 Å². The second kappa shape index (κ2) is 11.3. The van der Waals surface area contributed by atoms with Crippen LogP contribution in [0.5, 0.6) is 0 Å². The van der Waals surface area contributed by atoms with Gasteiger partial charge in [-0.25, -0.2) is 9.78 Å². The lowest BCUT2D eigenvalue weighted by atomic mass is 10.1. The molecule has 2 heterocycles. The third-order valence-electron chi connectivity index (χ3n) is 5.01. The number of carbonyl (C=O) groups is 3. The highest BCUT2D eigenvalue weighted by Crippen LogP contribution is 2.32. The molecule has 8 nitrogen and oxygen atoms in total. The molecule has 3 rings (SSSR count). The molecule has 1 fully saturated rings. The molecule has 0 spiro atoms. The van der Waals surface area contributed by atoms with E-state index in [4.69, 9.17) is 10.5 Å². The van der Waals surface area contributed by atoms with E-state index in [-0.39, 0.29) is 23.0 Å². The van der Waals surface area contributed by atoms with Crippen molar-refractivity contribution < 1.29 is 19.1 Å². The van der Waals surface area contributed by atoms with Crippen molar-refractivity contribution in [2.75, 3.05) is 13.2 Å². The predicted molar refractivity (Wildman–Crippen MR) is 124 cm³/mol. The van der Waals surface area contributed by atoms with Crippen molar-refractivity contribution in [3.8, 4) is 0 Å². The molecule has 0 radical (unpaired) electrons. The number of benzene rings is 1. The molecule has 0 saturated carbocycles. The first kappa shape index (κ1) is 23.3. The van der Waals surface area contributed by atoms with Crippen LogP contribution >= 0.6 is 11.8 Å². The molecule has 2 N–H and O–H groups in total. The molecule has 9 heteroatoms. The second-order valence-corrected chi connectivity index (χ2v) is 8.63. The second-order valence-electron chi connectivity index (χ2n) is 7.36. The molecule has 0 aliphatic carbocycles. The minimum Gasteiger partial charge on any atom is -0.445 e. The van der Waals surface area contributed by atoms with Crippen LogP contribution in [0.2, 0.25) is 0 Å². The molecule has 0 bridgehead atoms. The van der Waals surface area contributed by atoms with Gasteiger partial charge in [-0.3, -0.25) is 9.59 Å². The minimum absolute atomic E-state index is 0.00357. The molecule has 1 aromatic heterocycles. The Morgan fingerprint density at radius 1 is 1.28 bits per heavy atom. The average Bonchev–Trinajstić information content (AvgIpc) is 3.42. The number of hydrogen-bond donors (Lipinski definition) is 1. The monoisotopic (exact) mass is 454 g/mol. The molecular formula is C23H26N4O4S. The van der Waals surface area contributed by atoms with Gasteiger partial charge in [-0.2, -0.15) is 0 Å². The zero-order valence-electron chi connectivity index (χ0n) is 17.6. The molecule has 0 unspecified atom stereocenters. The number of nitrogens with zero attached hydrogens (tertiary/aromatic N) is 3. The van der Waals surface area contributed by atoms with E-state index < -0.39 is 12.0 Å². The highest BCUT2D eigenvalue weighted by atomic mass is 32.2. The lowest BCUT2D eigenvalue weighted by Gasteiger charge is -2.23. The zero-order valence-corrected chi connectivity index (χ0v) is 18.4. The van der Waals surface area contributed by atoms with E-state index in [0.717, 1.165) is 0 Å². The number of thioether (sulfide) groups is 1. The summed E-state index contributed by atoms with van der Waals surface area (Å²) in [5.74, 6) is -0.534. The van der Waals surface area contributed by atoms with Gasteiger partial charge in [-0.05, 0) is 18.9 Å². The fraction of sp³-hybridized carbons (Fsp3) is 0.304. The van der Waals surface area contributed by atoms with Gasteiger partial charge >= 0.3 is 6.09 Å². The predicted octanol–water partition coefficient (Wildman–Crippen LogP) is 3.11. The Hall–Kier alpha value is -3.33. The SMILES string of the molecule is C=CCOC(=O)N1C[C@@H](SC(=O)c2ccccc2)C[C@H]1CCn1cnc(/C=C/C(N)=O)c1. The Bertz CT molecular complexity index is 989. The number of ether oxygens (including phenoxy) is 1. The molecule has 168 valence electrons. The molecule has 2 amide bonds. The maximum Gasteiger partial charge on any atom is 0.410 e. The summed E-state index contributed by atoms with van der Waals surface area (Å²) >= 11 is 1.26. The number of aryl methyl sites for hydroxylation is 1. The number of rotatable bonds is 9. The van der Waals surface area contributed by atoms with Crippen molar-refractivity contribution in [2.45, 2.75) is 30.7 Å². The fourth-order valence-corrected chi connectivity index (χ4v) is 4.64. The van der Waals surface area contributed by atoms with Gasteiger partial charge in [-0.15, -0.1) is 0 Å². The fourth-order valence-electron chi connectivity index (χ4n) is 3.51. The lowest BCUT2D eigenvalue weighted by Crippen LogP contribution is -2.37. The van der Waals surface area contributed by atoms with Crippen LogP contribution in [-0.4, -0.2) is 56.0 Å². The van der Waals surface area contributed by atoms with Crippen molar-refractivity contribution in [1.29, 1.82) is 0 Å². The number of imidazole rings is 1. The number of carbonyl (C=O) groups excluding carboxylic acids is 3. The number of likely N-dealkylation sites (tertiary alicyclic amines) is 1. The van der Waals surface area contributed by atoms with Crippen LogP contribution in [-0.2, 0) is 16.1 Å². The summed E-state index contributed by atoms with van der Waals surface area (Å²) in [4.78, 5) is 42.0. The van der Waals surface area contributed by atoms with E-state index in [9.17, 15) is 14.4 Å². The first-order chi connectivity index (χ1) is 15.5. The summed E-state index contributed by atoms with van der Waals surface area (Å²) in [6.45, 7) is 4.79. The van der Waals surface area contributed by atoms with Gasteiger partial charge in [0.25, 0.3) is 0 Å². The normalized spacial score (nSPS) is 18.1. The van der Waals surface area contributed by atoms with Crippen LogP contribution in [0.25, 0.3) is 6.08 Å². The quantitative estimate of drug-likeness (QED) is 0.461. The minimum atomic E-state index is -0.534. The number of hydrogen-bond acceptors (Lipinski definition) is 6. The topological polar surface area (TPSA) is 108 Å². The van der Waals surface area contributed by atoms with Crippen LogP contribution in [0.3, 0.4) is 0 Å². The van der Waals surface area contributed by atoms with Crippen LogP contribution in [0.15, 0.2) is 61.6 Å². The first-order valence-electron chi connectivity index (χ1n) is 10.3. The van der Waals surface area contributed by atoms with Crippen molar-refractivity contribution in [2.24, 2.45) is 5.73 Å². The summed E-state index contributed by atoms with van der Waals surface area (Å²) in [5, 5.41) is -0.0167. The standard InChI is InChI=1S/C23H26N4O4S/c1-2-12-31-23(30)27-15-20(32-22(29)17-6-4-3-5-7-17)13-19(27)10-11-26-14-18(25-16-26)8-9-21(24)28/h2-9,14,16,19-20H,1,10-13,15H2,(H2,24,28)/b9-8+/t19-,20+/m1/s1. The van der Waals surface area contributed by atoms with Crippen molar-refractivity contribution in [3.05, 3.63) is 72.8 Å². The zero-order chi connectivity index (χ0) is 22.9. The van der Waals surface area contributed by atoms with E-state index in [0.29, 0.717) is 37.2 Å². The van der Waals surface area contributed by atoms with Gasteiger partial charge in [0.15, 0.2) is 0 Å². The van der Waals surface area contributed by atoms with Crippen LogP contribution in [0.1, 0.15) is 28.9 Å². The van der Waals surface area contributed by atoms with E-state index in [1.165, 1.54) is 23.9 Å². The van der Waals surface area contributed by atoms with E-state index >= 15 is 0 Å². The van der Waals surface area contributed by atoms with E-state index in [1.54, 1.807) is 35.6 Å². The Labute approximate surface area is 191 Å². The van der Waals surface area contributed by atoms with E-state index in [2.05, 4.69) is 11.6 Å². The lowest BCUT2D eigenvalue weighted by molar-refractivity contribution is -0.113. The molecule has 2 atom stereocenters. The highest BCUT2D eigenvalue weighted by molar-refractivity contribution is 8.14.